The van der Waals surface area contributed by atoms with Crippen LogP contribution in [0.25, 0.3) is 0 Å². The van der Waals surface area contributed by atoms with E-state index in [1.54, 1.807) is 25.3 Å². The van der Waals surface area contributed by atoms with E-state index >= 15 is 0 Å². The second-order valence-electron chi connectivity index (χ2n) is 4.80. The number of piperidine rings is 1. The highest BCUT2D eigenvalue weighted by atomic mass is 16.5. The molecule has 1 saturated heterocycles. The molecule has 2 N–H and O–H groups in total. The second kappa shape index (κ2) is 5.29. The Morgan fingerprint density at radius 1 is 1.44 bits per heavy atom. The highest BCUT2D eigenvalue weighted by molar-refractivity contribution is 5.95. The molecule has 18 heavy (non-hydrogen) atoms. The van der Waals surface area contributed by atoms with Crippen LogP contribution in [0.5, 0.6) is 5.75 Å². The molecule has 1 fully saturated rings. The standard InChI is InChI=1S/C14H20N2O2/c1-10-5-3-4-8-16(10)14(17)11-6-7-13(18-2)12(15)9-11/h6-7,9-10H,3-5,8,15H2,1-2H3. The minimum Gasteiger partial charge on any atom is -0.495 e. The van der Waals surface area contributed by atoms with Gasteiger partial charge in [0.25, 0.3) is 5.91 Å². The molecule has 1 aliphatic heterocycles. The number of likely N-dealkylation sites (tertiary alicyclic amines) is 1. The van der Waals surface area contributed by atoms with Gasteiger partial charge in [0.2, 0.25) is 0 Å². The summed E-state index contributed by atoms with van der Waals surface area (Å²) in [4.78, 5) is 14.3. The Labute approximate surface area is 108 Å². The smallest absolute Gasteiger partial charge is 0.254 e. The number of hydrogen-bond acceptors (Lipinski definition) is 3. The summed E-state index contributed by atoms with van der Waals surface area (Å²) in [6.07, 6.45) is 3.37. The van der Waals surface area contributed by atoms with Gasteiger partial charge in [-0.05, 0) is 44.4 Å². The number of ether oxygens (including phenoxy) is 1. The summed E-state index contributed by atoms with van der Waals surface area (Å²) in [5.74, 6) is 0.676. The van der Waals surface area contributed by atoms with Crippen molar-refractivity contribution < 1.29 is 9.53 Å². The zero-order valence-corrected chi connectivity index (χ0v) is 11.0. The van der Waals surface area contributed by atoms with Crippen molar-refractivity contribution in [1.29, 1.82) is 0 Å². The molecule has 0 saturated carbocycles. The SMILES string of the molecule is COc1ccc(C(=O)N2CCCCC2C)cc1N. The van der Waals surface area contributed by atoms with E-state index in [0.717, 1.165) is 19.4 Å². The molecular formula is C14H20N2O2. The van der Waals surface area contributed by atoms with Crippen molar-refractivity contribution in [3.05, 3.63) is 23.8 Å². The van der Waals surface area contributed by atoms with Crippen LogP contribution in [0.3, 0.4) is 0 Å². The minimum atomic E-state index is 0.0663. The van der Waals surface area contributed by atoms with Gasteiger partial charge in [0.15, 0.2) is 0 Å². The fourth-order valence-electron chi connectivity index (χ4n) is 2.43. The maximum Gasteiger partial charge on any atom is 0.254 e. The van der Waals surface area contributed by atoms with E-state index in [0.29, 0.717) is 23.0 Å². The van der Waals surface area contributed by atoms with E-state index in [-0.39, 0.29) is 5.91 Å². The van der Waals surface area contributed by atoms with Gasteiger partial charge in [0.1, 0.15) is 5.75 Å². The first kappa shape index (κ1) is 12.7. The topological polar surface area (TPSA) is 55.6 Å². The van der Waals surface area contributed by atoms with Crippen molar-refractivity contribution in [1.82, 2.24) is 4.90 Å². The van der Waals surface area contributed by atoms with Crippen LogP contribution >= 0.6 is 0 Å². The maximum absolute atomic E-state index is 12.4. The van der Waals surface area contributed by atoms with Crippen LogP contribution in [-0.4, -0.2) is 30.5 Å². The highest BCUT2D eigenvalue weighted by Gasteiger charge is 2.24. The molecule has 1 aromatic carbocycles. The Hall–Kier alpha value is -1.71. The van der Waals surface area contributed by atoms with Crippen LogP contribution in [0.15, 0.2) is 18.2 Å². The number of benzene rings is 1. The fraction of sp³-hybridized carbons (Fsp3) is 0.500. The second-order valence-corrected chi connectivity index (χ2v) is 4.80. The van der Waals surface area contributed by atoms with Crippen LogP contribution in [0, 0.1) is 0 Å². The van der Waals surface area contributed by atoms with Crippen molar-refractivity contribution in [2.45, 2.75) is 32.2 Å². The van der Waals surface area contributed by atoms with Gasteiger partial charge in [-0.15, -0.1) is 0 Å². The van der Waals surface area contributed by atoms with E-state index in [1.165, 1.54) is 6.42 Å². The Morgan fingerprint density at radius 2 is 2.22 bits per heavy atom. The molecule has 4 nitrogen and oxygen atoms in total. The maximum atomic E-state index is 12.4. The van der Waals surface area contributed by atoms with E-state index in [9.17, 15) is 4.79 Å². The van der Waals surface area contributed by atoms with Crippen LogP contribution in [-0.2, 0) is 0 Å². The first-order valence-corrected chi connectivity index (χ1v) is 6.38. The molecule has 1 atom stereocenters. The quantitative estimate of drug-likeness (QED) is 0.817. The van der Waals surface area contributed by atoms with E-state index in [1.807, 2.05) is 4.90 Å². The molecule has 0 aromatic heterocycles. The van der Waals surface area contributed by atoms with Crippen LogP contribution < -0.4 is 10.5 Å². The zero-order chi connectivity index (χ0) is 13.1. The van der Waals surface area contributed by atoms with E-state index in [2.05, 4.69) is 6.92 Å². The number of nitrogen functional groups attached to an aromatic ring is 1. The Balaban J connectivity index is 2.20. The predicted molar refractivity (Wildman–Crippen MR) is 71.8 cm³/mol. The Bertz CT molecular complexity index is 445. The van der Waals surface area contributed by atoms with Crippen LogP contribution in [0.4, 0.5) is 5.69 Å². The number of amides is 1. The van der Waals surface area contributed by atoms with Crippen molar-refractivity contribution in [2.24, 2.45) is 0 Å². The van der Waals surface area contributed by atoms with Gasteiger partial charge in [-0.25, -0.2) is 0 Å². The lowest BCUT2D eigenvalue weighted by molar-refractivity contribution is 0.0635. The van der Waals surface area contributed by atoms with Crippen molar-refractivity contribution in [3.8, 4) is 5.75 Å². The summed E-state index contributed by atoms with van der Waals surface area (Å²) < 4.78 is 5.10. The summed E-state index contributed by atoms with van der Waals surface area (Å²) in [6.45, 7) is 2.94. The molecule has 2 rings (SSSR count). The van der Waals surface area contributed by atoms with Crippen molar-refractivity contribution >= 4 is 11.6 Å². The highest BCUT2D eigenvalue weighted by Crippen LogP contribution is 2.24. The van der Waals surface area contributed by atoms with Crippen molar-refractivity contribution in [2.75, 3.05) is 19.4 Å². The molecule has 1 unspecified atom stereocenters. The number of carbonyl (C=O) groups is 1. The Morgan fingerprint density at radius 3 is 2.83 bits per heavy atom. The molecule has 1 aliphatic rings. The molecule has 1 heterocycles. The lowest BCUT2D eigenvalue weighted by Crippen LogP contribution is -2.42. The lowest BCUT2D eigenvalue weighted by Gasteiger charge is -2.33. The number of carbonyl (C=O) groups excluding carboxylic acids is 1. The average Bonchev–Trinajstić information content (AvgIpc) is 2.38. The van der Waals surface area contributed by atoms with Gasteiger partial charge in [-0.1, -0.05) is 0 Å². The normalized spacial score (nSPS) is 19.7. The van der Waals surface area contributed by atoms with Gasteiger partial charge in [0.05, 0.1) is 12.8 Å². The molecular weight excluding hydrogens is 228 g/mol. The van der Waals surface area contributed by atoms with E-state index in [4.69, 9.17) is 10.5 Å². The summed E-state index contributed by atoms with van der Waals surface area (Å²) in [6, 6.07) is 5.54. The number of hydrogen-bond donors (Lipinski definition) is 1. The molecule has 1 aromatic rings. The van der Waals surface area contributed by atoms with Gasteiger partial charge < -0.3 is 15.4 Å². The summed E-state index contributed by atoms with van der Waals surface area (Å²) >= 11 is 0. The molecule has 0 radical (unpaired) electrons. The summed E-state index contributed by atoms with van der Waals surface area (Å²) in [5, 5.41) is 0. The fourth-order valence-corrected chi connectivity index (χ4v) is 2.43. The largest absolute Gasteiger partial charge is 0.495 e. The summed E-state index contributed by atoms with van der Waals surface area (Å²) in [7, 11) is 1.57. The first-order valence-electron chi connectivity index (χ1n) is 6.38. The van der Waals surface area contributed by atoms with Gasteiger partial charge >= 0.3 is 0 Å². The number of nitrogens with two attached hydrogens (primary N) is 1. The third-order valence-electron chi connectivity index (χ3n) is 3.54. The Kier molecular flexibility index (Phi) is 3.75. The molecule has 4 heteroatoms. The summed E-state index contributed by atoms with van der Waals surface area (Å²) in [5.41, 5.74) is 6.99. The predicted octanol–water partition coefficient (Wildman–Crippen LogP) is 2.29. The molecule has 98 valence electrons. The lowest BCUT2D eigenvalue weighted by atomic mass is 10.0. The number of methoxy groups -OCH3 is 1. The van der Waals surface area contributed by atoms with Crippen molar-refractivity contribution in [3.63, 3.8) is 0 Å². The number of nitrogens with zero attached hydrogens (tertiary/aromatic N) is 1. The molecule has 0 spiro atoms. The molecule has 0 aliphatic carbocycles. The number of rotatable bonds is 2. The van der Waals surface area contributed by atoms with E-state index < -0.39 is 0 Å². The zero-order valence-electron chi connectivity index (χ0n) is 11.0. The van der Waals surface area contributed by atoms with Crippen LogP contribution in [0.2, 0.25) is 0 Å². The third-order valence-corrected chi connectivity index (χ3v) is 3.54. The van der Waals surface area contributed by atoms with Gasteiger partial charge in [0, 0.05) is 18.2 Å². The van der Waals surface area contributed by atoms with Crippen LogP contribution in [0.1, 0.15) is 36.5 Å². The molecule has 0 bridgehead atoms. The monoisotopic (exact) mass is 248 g/mol. The van der Waals surface area contributed by atoms with Gasteiger partial charge in [-0.2, -0.15) is 0 Å². The molecule has 1 amide bonds. The third kappa shape index (κ3) is 2.42. The average molecular weight is 248 g/mol. The minimum absolute atomic E-state index is 0.0663. The number of anilines is 1. The van der Waals surface area contributed by atoms with Gasteiger partial charge in [-0.3, -0.25) is 4.79 Å². The first-order chi connectivity index (χ1) is 8.63.